The average Bonchev–Trinajstić information content (AvgIpc) is 2.70. The number of hydrogen-bond donors (Lipinski definition) is 3. The number of anilines is 1. The van der Waals surface area contributed by atoms with Gasteiger partial charge in [0, 0.05) is 12.7 Å². The number of primary amides is 1. The molecule has 1 aromatic heterocycles. The summed E-state index contributed by atoms with van der Waals surface area (Å²) in [5, 5.41) is 5.08. The van der Waals surface area contributed by atoms with Crippen LogP contribution in [0.4, 0.5) is 10.5 Å². The quantitative estimate of drug-likeness (QED) is 0.752. The first-order chi connectivity index (χ1) is 8.97. The molecule has 0 aliphatic heterocycles. The second-order valence-corrected chi connectivity index (χ2v) is 4.28. The molecule has 19 heavy (non-hydrogen) atoms. The maximum Gasteiger partial charge on any atom is 0.319 e. The Morgan fingerprint density at radius 2 is 2.16 bits per heavy atom. The van der Waals surface area contributed by atoms with Crippen LogP contribution >= 0.6 is 0 Å². The summed E-state index contributed by atoms with van der Waals surface area (Å²) in [5.41, 5.74) is 7.43. The number of urea groups is 1. The zero-order chi connectivity index (χ0) is 14.0. The predicted octanol–water partition coefficient (Wildman–Crippen LogP) is 0.569. The number of imidazole rings is 1. The Morgan fingerprint density at radius 3 is 2.84 bits per heavy atom. The second-order valence-electron chi connectivity index (χ2n) is 4.28. The Hall–Kier alpha value is -2.57. The molecule has 0 spiro atoms. The molecule has 1 unspecified atom stereocenters. The van der Waals surface area contributed by atoms with Gasteiger partial charge in [-0.05, 0) is 25.1 Å². The van der Waals surface area contributed by atoms with Crippen molar-refractivity contribution in [2.24, 2.45) is 12.8 Å². The molecule has 7 nitrogen and oxygen atoms in total. The molecule has 1 heterocycles. The summed E-state index contributed by atoms with van der Waals surface area (Å²) in [6.45, 7) is 1.52. The van der Waals surface area contributed by atoms with Gasteiger partial charge in [0.05, 0.1) is 17.4 Å². The van der Waals surface area contributed by atoms with Crippen LogP contribution < -0.4 is 16.4 Å². The van der Waals surface area contributed by atoms with Crippen LogP contribution in [-0.2, 0) is 11.8 Å². The molecule has 0 fully saturated rings. The predicted molar refractivity (Wildman–Crippen MR) is 71.5 cm³/mol. The lowest BCUT2D eigenvalue weighted by molar-refractivity contribution is -0.119. The lowest BCUT2D eigenvalue weighted by atomic mass is 10.2. The van der Waals surface area contributed by atoms with E-state index in [0.29, 0.717) is 5.69 Å². The third-order valence-corrected chi connectivity index (χ3v) is 2.76. The molecule has 0 aliphatic carbocycles. The van der Waals surface area contributed by atoms with Crippen molar-refractivity contribution < 1.29 is 9.59 Å². The molecule has 2 rings (SSSR count). The molecule has 4 N–H and O–H groups in total. The molecular formula is C12H15N5O2. The minimum Gasteiger partial charge on any atom is -0.368 e. The molecule has 0 saturated carbocycles. The molecule has 3 amide bonds. The van der Waals surface area contributed by atoms with Crippen LogP contribution in [0.3, 0.4) is 0 Å². The lowest BCUT2D eigenvalue weighted by Crippen LogP contribution is -2.44. The Bertz CT molecular complexity index is 634. The van der Waals surface area contributed by atoms with Gasteiger partial charge in [0.25, 0.3) is 0 Å². The second kappa shape index (κ2) is 4.97. The number of aryl methyl sites for hydroxylation is 1. The molecule has 0 bridgehead atoms. The van der Waals surface area contributed by atoms with Gasteiger partial charge in [0.1, 0.15) is 6.04 Å². The van der Waals surface area contributed by atoms with E-state index >= 15 is 0 Å². The average molecular weight is 261 g/mol. The number of nitrogens with zero attached hydrogens (tertiary/aromatic N) is 2. The zero-order valence-corrected chi connectivity index (χ0v) is 10.7. The number of benzene rings is 1. The number of aromatic nitrogens is 2. The van der Waals surface area contributed by atoms with Crippen LogP contribution in [0.5, 0.6) is 0 Å². The molecular weight excluding hydrogens is 246 g/mol. The topological polar surface area (TPSA) is 102 Å². The first-order valence-electron chi connectivity index (χ1n) is 5.75. The van der Waals surface area contributed by atoms with Crippen LogP contribution in [0.15, 0.2) is 24.5 Å². The van der Waals surface area contributed by atoms with Crippen LogP contribution in [-0.4, -0.2) is 27.5 Å². The van der Waals surface area contributed by atoms with E-state index in [1.54, 1.807) is 18.5 Å². The van der Waals surface area contributed by atoms with E-state index in [0.717, 1.165) is 11.0 Å². The molecule has 1 atom stereocenters. The number of amides is 3. The van der Waals surface area contributed by atoms with Crippen molar-refractivity contribution in [3.8, 4) is 0 Å². The van der Waals surface area contributed by atoms with Crippen LogP contribution in [0.1, 0.15) is 6.92 Å². The number of fused-ring (bicyclic) bond motifs is 1. The van der Waals surface area contributed by atoms with Crippen molar-refractivity contribution in [3.63, 3.8) is 0 Å². The van der Waals surface area contributed by atoms with Gasteiger partial charge in [-0.3, -0.25) is 4.79 Å². The van der Waals surface area contributed by atoms with Gasteiger partial charge in [-0.25, -0.2) is 9.78 Å². The minimum atomic E-state index is -0.722. The van der Waals surface area contributed by atoms with E-state index in [2.05, 4.69) is 15.6 Å². The largest absolute Gasteiger partial charge is 0.368 e. The summed E-state index contributed by atoms with van der Waals surface area (Å²) < 4.78 is 1.85. The molecule has 0 aliphatic rings. The first kappa shape index (κ1) is 12.9. The lowest BCUT2D eigenvalue weighted by Gasteiger charge is -2.11. The van der Waals surface area contributed by atoms with Crippen molar-refractivity contribution in [1.29, 1.82) is 0 Å². The number of rotatable bonds is 3. The third kappa shape index (κ3) is 2.82. The summed E-state index contributed by atoms with van der Waals surface area (Å²) in [5.74, 6) is -0.586. The smallest absolute Gasteiger partial charge is 0.319 e. The molecule has 100 valence electrons. The standard InChI is InChI=1S/C12H15N5O2/c1-7(11(13)18)15-12(19)16-8-3-4-9-10(5-8)17(2)6-14-9/h3-7H,1-2H3,(H2,13,18)(H2,15,16,19). The van der Waals surface area contributed by atoms with Gasteiger partial charge >= 0.3 is 6.03 Å². The summed E-state index contributed by atoms with van der Waals surface area (Å²) in [7, 11) is 1.87. The molecule has 2 aromatic rings. The Morgan fingerprint density at radius 1 is 1.42 bits per heavy atom. The van der Waals surface area contributed by atoms with Gasteiger partial charge < -0.3 is 20.9 Å². The number of nitrogens with one attached hydrogen (secondary N) is 2. The van der Waals surface area contributed by atoms with Crippen molar-refractivity contribution >= 4 is 28.7 Å². The summed E-state index contributed by atoms with van der Waals surface area (Å²) in [4.78, 5) is 26.7. The number of hydrogen-bond acceptors (Lipinski definition) is 3. The first-order valence-corrected chi connectivity index (χ1v) is 5.75. The van der Waals surface area contributed by atoms with Gasteiger partial charge in [-0.2, -0.15) is 0 Å². The monoisotopic (exact) mass is 261 g/mol. The summed E-state index contributed by atoms with van der Waals surface area (Å²) in [6.07, 6.45) is 1.70. The minimum absolute atomic E-state index is 0.479. The van der Waals surface area contributed by atoms with Gasteiger partial charge in [0.15, 0.2) is 0 Å². The molecule has 0 radical (unpaired) electrons. The maximum absolute atomic E-state index is 11.6. The van der Waals surface area contributed by atoms with Gasteiger partial charge in [-0.1, -0.05) is 0 Å². The van der Waals surface area contributed by atoms with E-state index in [1.807, 2.05) is 17.7 Å². The van der Waals surface area contributed by atoms with Crippen molar-refractivity contribution in [3.05, 3.63) is 24.5 Å². The SMILES string of the molecule is CC(NC(=O)Nc1ccc2ncn(C)c2c1)C(N)=O. The number of carbonyl (C=O) groups excluding carboxylic acids is 2. The zero-order valence-electron chi connectivity index (χ0n) is 10.7. The fraction of sp³-hybridized carbons (Fsp3) is 0.250. The Balaban J connectivity index is 2.10. The molecule has 7 heteroatoms. The van der Waals surface area contributed by atoms with E-state index in [4.69, 9.17) is 5.73 Å². The third-order valence-electron chi connectivity index (χ3n) is 2.76. The van der Waals surface area contributed by atoms with Crippen molar-refractivity contribution in [1.82, 2.24) is 14.9 Å². The van der Waals surface area contributed by atoms with Gasteiger partial charge in [0.2, 0.25) is 5.91 Å². The highest BCUT2D eigenvalue weighted by atomic mass is 16.2. The molecule has 1 aromatic carbocycles. The maximum atomic E-state index is 11.6. The van der Waals surface area contributed by atoms with E-state index in [-0.39, 0.29) is 0 Å². The van der Waals surface area contributed by atoms with E-state index in [9.17, 15) is 9.59 Å². The fourth-order valence-corrected chi connectivity index (χ4v) is 1.64. The van der Waals surface area contributed by atoms with Crippen molar-refractivity contribution in [2.75, 3.05) is 5.32 Å². The van der Waals surface area contributed by atoms with Crippen LogP contribution in [0, 0.1) is 0 Å². The Kier molecular flexibility index (Phi) is 3.37. The highest BCUT2D eigenvalue weighted by Gasteiger charge is 2.12. The van der Waals surface area contributed by atoms with E-state index < -0.39 is 18.0 Å². The number of nitrogens with two attached hydrogens (primary N) is 1. The summed E-state index contributed by atoms with van der Waals surface area (Å²) in [6, 6.07) is 4.15. The summed E-state index contributed by atoms with van der Waals surface area (Å²) >= 11 is 0. The molecule has 0 saturated heterocycles. The fourth-order valence-electron chi connectivity index (χ4n) is 1.64. The van der Waals surface area contributed by atoms with Crippen LogP contribution in [0.25, 0.3) is 11.0 Å². The highest BCUT2D eigenvalue weighted by molar-refractivity contribution is 5.94. The highest BCUT2D eigenvalue weighted by Crippen LogP contribution is 2.17. The Labute approximate surface area is 109 Å². The van der Waals surface area contributed by atoms with Crippen LogP contribution in [0.2, 0.25) is 0 Å². The van der Waals surface area contributed by atoms with E-state index in [1.165, 1.54) is 6.92 Å². The van der Waals surface area contributed by atoms with Crippen molar-refractivity contribution in [2.45, 2.75) is 13.0 Å². The number of carbonyl (C=O) groups is 2. The normalized spacial score (nSPS) is 12.1. The van der Waals surface area contributed by atoms with Gasteiger partial charge in [-0.15, -0.1) is 0 Å².